The molecule has 6 heteroatoms. The number of ether oxygens (including phenoxy) is 1. The Kier molecular flexibility index (Phi) is 5.70. The van der Waals surface area contributed by atoms with Gasteiger partial charge in [-0.15, -0.1) is 0 Å². The maximum atomic E-state index is 13.1. The van der Waals surface area contributed by atoms with Gasteiger partial charge in [-0.25, -0.2) is 10.0 Å². The average Bonchev–Trinajstić information content (AvgIpc) is 3.04. The van der Waals surface area contributed by atoms with E-state index in [4.69, 9.17) is 4.74 Å². The van der Waals surface area contributed by atoms with E-state index < -0.39 is 5.54 Å². The van der Waals surface area contributed by atoms with Gasteiger partial charge >= 0.3 is 0 Å². The molecule has 1 N–H and O–H groups in total. The van der Waals surface area contributed by atoms with Crippen LogP contribution in [0.2, 0.25) is 0 Å². The molecule has 3 rings (SSSR count). The molecule has 2 aromatic carbocycles. The Labute approximate surface area is 177 Å². The molecule has 1 heterocycles. The molecule has 0 atom stereocenters. The summed E-state index contributed by atoms with van der Waals surface area (Å²) < 4.78 is 5.65. The molecule has 2 aromatic rings. The van der Waals surface area contributed by atoms with E-state index in [1.165, 1.54) is 5.01 Å². The van der Waals surface area contributed by atoms with Crippen LogP contribution in [-0.4, -0.2) is 40.4 Å². The molecule has 0 bridgehead atoms. The topological polar surface area (TPSA) is 71.0 Å². The number of carbonyl (C=O) groups excluding carboxylic acids is 2. The first-order chi connectivity index (χ1) is 14.0. The van der Waals surface area contributed by atoms with Crippen molar-refractivity contribution < 1.29 is 14.3 Å². The van der Waals surface area contributed by atoms with Gasteiger partial charge in [0.25, 0.3) is 11.8 Å². The van der Waals surface area contributed by atoms with Gasteiger partial charge in [-0.2, -0.15) is 0 Å². The summed E-state index contributed by atoms with van der Waals surface area (Å²) in [5, 5.41) is 1.38. The Balaban J connectivity index is 1.79. The lowest BCUT2D eigenvalue weighted by molar-refractivity contribution is 0.0358. The average molecular weight is 408 g/mol. The van der Waals surface area contributed by atoms with E-state index >= 15 is 0 Å². The predicted molar refractivity (Wildman–Crippen MR) is 118 cm³/mol. The third-order valence-corrected chi connectivity index (χ3v) is 4.71. The lowest BCUT2D eigenvalue weighted by atomic mass is 10.1. The van der Waals surface area contributed by atoms with Crippen LogP contribution in [0.15, 0.2) is 53.5 Å². The van der Waals surface area contributed by atoms with Crippen LogP contribution in [-0.2, 0) is 4.74 Å². The van der Waals surface area contributed by atoms with Crippen molar-refractivity contribution in [2.45, 2.75) is 52.6 Å². The number of carbonyl (C=O) groups is 2. The van der Waals surface area contributed by atoms with Crippen LogP contribution >= 0.6 is 0 Å². The fourth-order valence-corrected chi connectivity index (χ4v) is 3.09. The first kappa shape index (κ1) is 21.6. The first-order valence-electron chi connectivity index (χ1n) is 10.0. The van der Waals surface area contributed by atoms with Gasteiger partial charge in [0.15, 0.2) is 0 Å². The molecule has 2 amide bonds. The fraction of sp³-hybridized carbons (Fsp3) is 0.375. The number of benzene rings is 2. The van der Waals surface area contributed by atoms with Gasteiger partial charge in [0.1, 0.15) is 6.61 Å². The van der Waals surface area contributed by atoms with Crippen LogP contribution in [0.3, 0.4) is 0 Å². The monoisotopic (exact) mass is 407 g/mol. The lowest BCUT2D eigenvalue weighted by Crippen LogP contribution is -2.55. The minimum Gasteiger partial charge on any atom is -0.475 e. The van der Waals surface area contributed by atoms with Gasteiger partial charge in [0.05, 0.1) is 11.1 Å². The molecule has 0 saturated carbocycles. The predicted octanol–water partition coefficient (Wildman–Crippen LogP) is 4.14. The minimum absolute atomic E-state index is 0.241. The number of aryl methyl sites for hydroxylation is 1. The zero-order chi connectivity index (χ0) is 22.1. The zero-order valence-corrected chi connectivity index (χ0v) is 18.4. The van der Waals surface area contributed by atoms with Gasteiger partial charge in [-0.05, 0) is 77.9 Å². The van der Waals surface area contributed by atoms with Gasteiger partial charge in [-0.1, -0.05) is 17.7 Å². The largest absolute Gasteiger partial charge is 0.475 e. The molecule has 30 heavy (non-hydrogen) atoms. The number of rotatable bonds is 3. The highest BCUT2D eigenvalue weighted by atomic mass is 16.5. The molecule has 0 radical (unpaired) electrons. The summed E-state index contributed by atoms with van der Waals surface area (Å²) in [6.07, 6.45) is 0. The summed E-state index contributed by atoms with van der Waals surface area (Å²) >= 11 is 0. The van der Waals surface area contributed by atoms with E-state index in [0.29, 0.717) is 23.6 Å². The van der Waals surface area contributed by atoms with Gasteiger partial charge in [-0.3, -0.25) is 15.0 Å². The first-order valence-corrected chi connectivity index (χ1v) is 10.0. The quantitative estimate of drug-likeness (QED) is 0.778. The van der Waals surface area contributed by atoms with Gasteiger partial charge < -0.3 is 4.74 Å². The van der Waals surface area contributed by atoms with Crippen LogP contribution in [0.1, 0.15) is 66.5 Å². The summed E-state index contributed by atoms with van der Waals surface area (Å²) in [4.78, 5) is 30.5. The second kappa shape index (κ2) is 7.94. The Morgan fingerprint density at radius 2 is 1.73 bits per heavy atom. The van der Waals surface area contributed by atoms with Crippen LogP contribution in [0.5, 0.6) is 0 Å². The Morgan fingerprint density at radius 3 is 2.27 bits per heavy atom. The fourth-order valence-electron chi connectivity index (χ4n) is 3.09. The highest BCUT2D eigenvalue weighted by Crippen LogP contribution is 2.21. The maximum absolute atomic E-state index is 13.1. The molecule has 1 aliphatic rings. The number of nitrogens with one attached hydrogen (secondary N) is 1. The number of nitrogens with zero attached hydrogens (tertiary/aromatic N) is 2. The number of hydrogen-bond acceptors (Lipinski definition) is 4. The second-order valence-corrected chi connectivity index (χ2v) is 9.22. The highest BCUT2D eigenvalue weighted by Gasteiger charge is 2.30. The third-order valence-electron chi connectivity index (χ3n) is 4.71. The van der Waals surface area contributed by atoms with E-state index in [2.05, 4.69) is 10.4 Å². The normalized spacial score (nSPS) is 15.2. The Morgan fingerprint density at radius 1 is 1.07 bits per heavy atom. The van der Waals surface area contributed by atoms with Crippen molar-refractivity contribution in [1.29, 1.82) is 0 Å². The maximum Gasteiger partial charge on any atom is 0.272 e. The van der Waals surface area contributed by atoms with Crippen LogP contribution in [0.25, 0.3) is 0 Å². The summed E-state index contributed by atoms with van der Waals surface area (Å²) in [5.74, 6) is -0.0305. The van der Waals surface area contributed by atoms with Crippen molar-refractivity contribution in [3.63, 3.8) is 0 Å². The van der Waals surface area contributed by atoms with Crippen LogP contribution < -0.4 is 5.43 Å². The van der Waals surface area contributed by atoms with E-state index in [1.807, 2.05) is 59.7 Å². The molecular formula is C24H29N3O3. The summed E-state index contributed by atoms with van der Waals surface area (Å²) in [7, 11) is 0. The van der Waals surface area contributed by atoms with E-state index in [1.54, 1.807) is 30.3 Å². The van der Waals surface area contributed by atoms with E-state index in [0.717, 1.165) is 11.1 Å². The molecule has 158 valence electrons. The third kappa shape index (κ3) is 4.87. The highest BCUT2D eigenvalue weighted by molar-refractivity contribution is 6.01. The zero-order valence-electron chi connectivity index (χ0n) is 18.4. The molecule has 6 nitrogen and oxygen atoms in total. The molecule has 0 fully saturated rings. The summed E-state index contributed by atoms with van der Waals surface area (Å²) in [5.41, 5.74) is 4.71. The van der Waals surface area contributed by atoms with Crippen LogP contribution in [0.4, 0.5) is 0 Å². The number of hydrazine groups is 1. The van der Waals surface area contributed by atoms with Crippen molar-refractivity contribution in [2.75, 3.05) is 6.61 Å². The molecule has 0 unspecified atom stereocenters. The van der Waals surface area contributed by atoms with Gasteiger partial charge in [0.2, 0.25) is 5.90 Å². The van der Waals surface area contributed by atoms with Gasteiger partial charge in [0, 0.05) is 16.7 Å². The van der Waals surface area contributed by atoms with Crippen molar-refractivity contribution in [3.05, 3.63) is 70.8 Å². The van der Waals surface area contributed by atoms with E-state index in [9.17, 15) is 9.59 Å². The number of amides is 2. The molecule has 0 aliphatic carbocycles. The lowest BCUT2D eigenvalue weighted by Gasteiger charge is -2.35. The molecule has 1 aliphatic heterocycles. The Bertz CT molecular complexity index is 986. The van der Waals surface area contributed by atoms with Crippen molar-refractivity contribution in [2.24, 2.45) is 4.99 Å². The SMILES string of the molecule is Cc1cccc(C(=O)N(NC(=O)c2ccc(C3=NC(C)(C)CO3)cc2)C(C)(C)C)c1. The van der Waals surface area contributed by atoms with Crippen LogP contribution in [0, 0.1) is 6.92 Å². The number of aliphatic imine (C=N–C) groups is 1. The molecule has 0 saturated heterocycles. The van der Waals surface area contributed by atoms with Crippen molar-refractivity contribution in [1.82, 2.24) is 10.4 Å². The standard InChI is InChI=1S/C24H29N3O3/c1-16-8-7-9-19(14-16)22(29)27(23(2,3)4)26-20(28)17-10-12-18(13-11-17)21-25-24(5,6)15-30-21/h7-14H,15H2,1-6H3,(H,26,28). The van der Waals surface area contributed by atoms with E-state index in [-0.39, 0.29) is 17.4 Å². The van der Waals surface area contributed by atoms with Crippen molar-refractivity contribution in [3.8, 4) is 0 Å². The minimum atomic E-state index is -0.603. The smallest absolute Gasteiger partial charge is 0.272 e. The Hall–Kier alpha value is -3.15. The van der Waals surface area contributed by atoms with Crippen molar-refractivity contribution >= 4 is 17.7 Å². The summed E-state index contributed by atoms with van der Waals surface area (Å²) in [6, 6.07) is 14.3. The second-order valence-electron chi connectivity index (χ2n) is 9.22. The molecular weight excluding hydrogens is 378 g/mol. The molecule has 0 aromatic heterocycles. The molecule has 0 spiro atoms. The number of hydrogen-bond donors (Lipinski definition) is 1. The summed E-state index contributed by atoms with van der Waals surface area (Å²) in [6.45, 7) is 12.1.